The summed E-state index contributed by atoms with van der Waals surface area (Å²) in [5.74, 6) is 0. The molecule has 0 aromatic heterocycles. The van der Waals surface area contributed by atoms with Crippen molar-refractivity contribution in [3.8, 4) is 0 Å². The van der Waals surface area contributed by atoms with Crippen LogP contribution in [-0.2, 0) is 0 Å². The van der Waals surface area contributed by atoms with Crippen LogP contribution in [0.2, 0.25) is 0 Å². The van der Waals surface area contributed by atoms with Gasteiger partial charge in [-0.15, -0.1) is 0 Å². The first kappa shape index (κ1) is 12.9. The van der Waals surface area contributed by atoms with Crippen LogP contribution in [0, 0.1) is 0 Å². The molecule has 0 radical (unpaired) electrons. The van der Waals surface area contributed by atoms with Crippen LogP contribution in [0.5, 0.6) is 0 Å². The average Bonchev–Trinajstić information content (AvgIpc) is 2.01. The normalized spacial score (nSPS) is 23.8. The van der Waals surface area contributed by atoms with E-state index in [0.717, 1.165) is 12.8 Å². The number of amides is 1. The molecule has 1 aliphatic rings. The molecule has 72 valence electrons. The number of likely N-dealkylation sites (tertiary alicyclic amines) is 1. The summed E-state index contributed by atoms with van der Waals surface area (Å²) >= 11 is 0. The van der Waals surface area contributed by atoms with Gasteiger partial charge in [-0.3, -0.25) is 4.90 Å². The van der Waals surface area contributed by atoms with E-state index in [9.17, 15) is 4.79 Å². The molecular formula is C9H18LiNO2. The van der Waals surface area contributed by atoms with Crippen LogP contribution >= 0.6 is 0 Å². The Morgan fingerprint density at radius 1 is 1.23 bits per heavy atom. The molecule has 0 bridgehead atoms. The topological polar surface area (TPSA) is 40.5 Å². The number of hydrogen-bond acceptors (Lipinski definition) is 1. The SMILES string of the molecule is CC1(C)CCC(C)(C)N1C(=O)O.[H-].[Li+]. The van der Waals surface area contributed by atoms with E-state index in [2.05, 4.69) is 0 Å². The second kappa shape index (κ2) is 3.55. The van der Waals surface area contributed by atoms with Crippen LogP contribution in [0.3, 0.4) is 0 Å². The van der Waals surface area contributed by atoms with Crippen LogP contribution in [-0.4, -0.2) is 27.2 Å². The van der Waals surface area contributed by atoms with E-state index in [1.807, 2.05) is 27.7 Å². The van der Waals surface area contributed by atoms with Gasteiger partial charge in [0, 0.05) is 11.1 Å². The van der Waals surface area contributed by atoms with E-state index < -0.39 is 6.09 Å². The van der Waals surface area contributed by atoms with Gasteiger partial charge in [0.25, 0.3) is 0 Å². The Labute approximate surface area is 93.2 Å². The quantitative estimate of drug-likeness (QED) is 0.506. The van der Waals surface area contributed by atoms with E-state index >= 15 is 0 Å². The average molecular weight is 179 g/mol. The van der Waals surface area contributed by atoms with Crippen molar-refractivity contribution >= 4 is 6.09 Å². The molecule has 1 heterocycles. The minimum atomic E-state index is -0.803. The van der Waals surface area contributed by atoms with E-state index in [0.29, 0.717) is 0 Å². The van der Waals surface area contributed by atoms with E-state index in [-0.39, 0.29) is 31.4 Å². The predicted molar refractivity (Wildman–Crippen MR) is 48.4 cm³/mol. The molecule has 0 aliphatic carbocycles. The van der Waals surface area contributed by atoms with Crippen LogP contribution in [0.1, 0.15) is 42.0 Å². The fourth-order valence-electron chi connectivity index (χ4n) is 2.17. The van der Waals surface area contributed by atoms with Crippen molar-refractivity contribution in [3.05, 3.63) is 0 Å². The van der Waals surface area contributed by atoms with Crippen molar-refractivity contribution in [2.24, 2.45) is 0 Å². The van der Waals surface area contributed by atoms with Crippen molar-refractivity contribution in [2.75, 3.05) is 0 Å². The van der Waals surface area contributed by atoms with Crippen molar-refractivity contribution in [2.45, 2.75) is 51.6 Å². The van der Waals surface area contributed by atoms with Crippen molar-refractivity contribution in [3.63, 3.8) is 0 Å². The number of hydrogen-bond donors (Lipinski definition) is 1. The van der Waals surface area contributed by atoms with Crippen LogP contribution in [0.15, 0.2) is 0 Å². The standard InChI is InChI=1S/C9H17NO2.Li.H/c1-8(2)5-6-9(3,4)10(8)7(11)12;;/h5-6H2,1-4H3,(H,11,12);;/q;+1;-1. The summed E-state index contributed by atoms with van der Waals surface area (Å²) < 4.78 is 0. The maximum atomic E-state index is 11.0. The largest absolute Gasteiger partial charge is 1.00 e. The molecule has 13 heavy (non-hydrogen) atoms. The minimum absolute atomic E-state index is 0. The molecule has 0 atom stereocenters. The summed E-state index contributed by atoms with van der Waals surface area (Å²) in [5, 5.41) is 9.01. The maximum Gasteiger partial charge on any atom is 1.00 e. The third kappa shape index (κ3) is 2.21. The Balaban J connectivity index is 0. The van der Waals surface area contributed by atoms with Gasteiger partial charge in [0.15, 0.2) is 0 Å². The smallest absolute Gasteiger partial charge is 1.00 e. The maximum absolute atomic E-state index is 11.0. The summed E-state index contributed by atoms with van der Waals surface area (Å²) in [6.07, 6.45) is 1.10. The summed E-state index contributed by atoms with van der Waals surface area (Å²) in [5.41, 5.74) is -0.398. The molecule has 1 amide bonds. The third-order valence-electron chi connectivity index (χ3n) is 2.75. The second-order valence-electron chi connectivity index (χ2n) is 4.74. The van der Waals surface area contributed by atoms with Gasteiger partial charge in [-0.2, -0.15) is 0 Å². The molecule has 1 fully saturated rings. The van der Waals surface area contributed by atoms with Gasteiger partial charge in [-0.05, 0) is 40.5 Å². The van der Waals surface area contributed by atoms with Crippen molar-refractivity contribution in [1.82, 2.24) is 4.90 Å². The molecular weight excluding hydrogens is 161 g/mol. The number of rotatable bonds is 0. The Hall–Kier alpha value is -0.133. The molecule has 0 aromatic rings. The first-order valence-electron chi connectivity index (χ1n) is 4.31. The van der Waals surface area contributed by atoms with Gasteiger partial charge in [-0.25, -0.2) is 4.79 Å². The van der Waals surface area contributed by atoms with Gasteiger partial charge < -0.3 is 6.53 Å². The zero-order valence-electron chi connectivity index (χ0n) is 10.2. The number of carbonyl (C=O) groups is 1. The van der Waals surface area contributed by atoms with Crippen LogP contribution in [0.4, 0.5) is 4.79 Å². The molecule has 3 nitrogen and oxygen atoms in total. The van der Waals surface area contributed by atoms with E-state index in [4.69, 9.17) is 5.11 Å². The molecule has 4 heteroatoms. The first-order valence-corrected chi connectivity index (χ1v) is 4.31. The van der Waals surface area contributed by atoms with Gasteiger partial charge in [-0.1, -0.05) is 0 Å². The van der Waals surface area contributed by atoms with Crippen LogP contribution in [0.25, 0.3) is 0 Å². The minimum Gasteiger partial charge on any atom is -1.00 e. The summed E-state index contributed by atoms with van der Waals surface area (Å²) in [6.45, 7) is 7.93. The Morgan fingerprint density at radius 2 is 1.54 bits per heavy atom. The number of nitrogens with zero attached hydrogens (tertiary/aromatic N) is 1. The van der Waals surface area contributed by atoms with E-state index in [1.54, 1.807) is 4.90 Å². The fourth-order valence-corrected chi connectivity index (χ4v) is 2.17. The molecule has 1 rings (SSSR count). The van der Waals surface area contributed by atoms with Gasteiger partial charge in [0.1, 0.15) is 0 Å². The monoisotopic (exact) mass is 179 g/mol. The van der Waals surface area contributed by atoms with Crippen molar-refractivity contribution in [1.29, 1.82) is 0 Å². The van der Waals surface area contributed by atoms with Crippen molar-refractivity contribution < 1.29 is 30.2 Å². The zero-order valence-corrected chi connectivity index (χ0v) is 9.22. The van der Waals surface area contributed by atoms with Crippen LogP contribution < -0.4 is 18.9 Å². The van der Waals surface area contributed by atoms with Gasteiger partial charge in [0.05, 0.1) is 0 Å². The molecule has 1 N–H and O–H groups in total. The summed E-state index contributed by atoms with van der Waals surface area (Å²) in [4.78, 5) is 12.5. The molecule has 0 aromatic carbocycles. The zero-order chi connectivity index (χ0) is 9.57. The number of carboxylic acid groups (broad SMARTS) is 1. The first-order chi connectivity index (χ1) is 5.27. The fraction of sp³-hybridized carbons (Fsp3) is 0.889. The predicted octanol–water partition coefficient (Wildman–Crippen LogP) is -0.566. The Morgan fingerprint density at radius 3 is 1.69 bits per heavy atom. The molecule has 1 saturated heterocycles. The Bertz CT molecular complexity index is 203. The molecule has 1 aliphatic heterocycles. The van der Waals surface area contributed by atoms with E-state index in [1.165, 1.54) is 0 Å². The molecule has 0 unspecified atom stereocenters. The third-order valence-corrected chi connectivity index (χ3v) is 2.75. The summed E-state index contributed by atoms with van der Waals surface area (Å²) in [6, 6.07) is 0. The Kier molecular flexibility index (Phi) is 3.51. The molecule has 0 spiro atoms. The van der Waals surface area contributed by atoms with Gasteiger partial charge >= 0.3 is 25.0 Å². The second-order valence-corrected chi connectivity index (χ2v) is 4.74. The molecule has 0 saturated carbocycles. The van der Waals surface area contributed by atoms with Gasteiger partial charge in [0.2, 0.25) is 0 Å². The summed E-state index contributed by atoms with van der Waals surface area (Å²) in [7, 11) is 0.